The van der Waals surface area contributed by atoms with E-state index in [-0.39, 0.29) is 29.0 Å². The predicted octanol–water partition coefficient (Wildman–Crippen LogP) is 3.00. The van der Waals surface area contributed by atoms with Gasteiger partial charge in [0.25, 0.3) is 0 Å². The SMILES string of the molecule is CNC(=O)c1nnc(C2(C(C)C)CCCC(/C=C(\N)c3c(F)cccc3F)=C2N)o1. The van der Waals surface area contributed by atoms with Gasteiger partial charge in [0.1, 0.15) is 11.6 Å². The fourth-order valence-corrected chi connectivity index (χ4v) is 3.97. The van der Waals surface area contributed by atoms with E-state index < -0.39 is 23.0 Å². The lowest BCUT2D eigenvalue weighted by Gasteiger charge is -2.39. The summed E-state index contributed by atoms with van der Waals surface area (Å²) >= 11 is 0. The molecule has 0 bridgehead atoms. The van der Waals surface area contributed by atoms with Crippen molar-refractivity contribution in [1.82, 2.24) is 15.5 Å². The summed E-state index contributed by atoms with van der Waals surface area (Å²) in [5.41, 5.74) is 12.5. The molecule has 0 saturated heterocycles. The maximum absolute atomic E-state index is 14.1. The number of hydrogen-bond acceptors (Lipinski definition) is 6. The number of nitrogens with one attached hydrogen (secondary N) is 1. The van der Waals surface area contributed by atoms with Crippen molar-refractivity contribution in [3.63, 3.8) is 0 Å². The van der Waals surface area contributed by atoms with Crippen molar-refractivity contribution in [3.8, 4) is 0 Å². The van der Waals surface area contributed by atoms with Crippen molar-refractivity contribution in [2.75, 3.05) is 7.05 Å². The number of carbonyl (C=O) groups is 1. The summed E-state index contributed by atoms with van der Waals surface area (Å²) in [5, 5.41) is 10.4. The van der Waals surface area contributed by atoms with Gasteiger partial charge in [-0.15, -0.1) is 10.2 Å². The lowest BCUT2D eigenvalue weighted by Crippen LogP contribution is -2.41. The number of amides is 1. The third-order valence-corrected chi connectivity index (χ3v) is 5.64. The summed E-state index contributed by atoms with van der Waals surface area (Å²) in [6, 6.07) is 3.57. The van der Waals surface area contributed by atoms with Crippen molar-refractivity contribution in [2.24, 2.45) is 17.4 Å². The van der Waals surface area contributed by atoms with Gasteiger partial charge in [-0.3, -0.25) is 4.79 Å². The van der Waals surface area contributed by atoms with Crippen LogP contribution in [0.3, 0.4) is 0 Å². The summed E-state index contributed by atoms with van der Waals surface area (Å²) in [6.45, 7) is 3.92. The van der Waals surface area contributed by atoms with Crippen LogP contribution >= 0.6 is 0 Å². The number of rotatable bonds is 5. The Kier molecular flexibility index (Phi) is 5.91. The van der Waals surface area contributed by atoms with Gasteiger partial charge >= 0.3 is 11.8 Å². The van der Waals surface area contributed by atoms with Gasteiger partial charge in [0.2, 0.25) is 5.89 Å². The molecule has 0 aliphatic heterocycles. The van der Waals surface area contributed by atoms with Crippen LogP contribution in [0.25, 0.3) is 5.70 Å². The lowest BCUT2D eigenvalue weighted by atomic mass is 9.66. The van der Waals surface area contributed by atoms with Crippen LogP contribution in [-0.2, 0) is 5.41 Å². The topological polar surface area (TPSA) is 120 Å². The van der Waals surface area contributed by atoms with E-state index in [0.717, 1.165) is 18.6 Å². The highest BCUT2D eigenvalue weighted by molar-refractivity contribution is 5.89. The first kappa shape index (κ1) is 21.5. The Balaban J connectivity index is 2.12. The number of carbonyl (C=O) groups excluding carboxylic acids is 1. The van der Waals surface area contributed by atoms with Crippen molar-refractivity contribution >= 4 is 11.6 Å². The fraction of sp³-hybridized carbons (Fsp3) is 0.381. The molecule has 1 heterocycles. The highest BCUT2D eigenvalue weighted by Gasteiger charge is 2.46. The first-order valence-corrected chi connectivity index (χ1v) is 9.69. The molecule has 160 valence electrons. The van der Waals surface area contributed by atoms with Gasteiger partial charge in [0, 0.05) is 18.4 Å². The second-order valence-corrected chi connectivity index (χ2v) is 7.61. The standard InChI is InChI=1S/C21H25F2N5O2/c1-11(2)21(20-28-27-19(30-20)18(29)26-3)9-5-6-12(17(21)25)10-15(24)16-13(22)7-4-8-14(16)23/h4,7-8,10-11H,5-6,9,24-25H2,1-3H3,(H,26,29)/b15-10-. The molecule has 1 aromatic heterocycles. The molecule has 0 saturated carbocycles. The number of nitrogens with zero attached hydrogens (tertiary/aromatic N) is 2. The zero-order valence-corrected chi connectivity index (χ0v) is 17.1. The number of nitrogens with two attached hydrogens (primary N) is 2. The van der Waals surface area contributed by atoms with Gasteiger partial charge in [-0.25, -0.2) is 8.78 Å². The highest BCUT2D eigenvalue weighted by atomic mass is 19.1. The lowest BCUT2D eigenvalue weighted by molar-refractivity contribution is 0.0922. The molecule has 1 aliphatic carbocycles. The molecular formula is C21H25F2N5O2. The summed E-state index contributed by atoms with van der Waals surface area (Å²) in [4.78, 5) is 11.8. The largest absolute Gasteiger partial charge is 0.416 e. The number of halogens is 2. The Morgan fingerprint density at radius 2 is 1.97 bits per heavy atom. The summed E-state index contributed by atoms with van der Waals surface area (Å²) < 4.78 is 33.9. The van der Waals surface area contributed by atoms with Gasteiger partial charge in [-0.1, -0.05) is 19.9 Å². The molecule has 2 aromatic rings. The third-order valence-electron chi connectivity index (χ3n) is 5.64. The van der Waals surface area contributed by atoms with Crippen LogP contribution in [0.15, 0.2) is 40.0 Å². The number of hydrogen-bond donors (Lipinski definition) is 3. The van der Waals surface area contributed by atoms with E-state index in [4.69, 9.17) is 15.9 Å². The smallest absolute Gasteiger partial charge is 0.308 e. The molecule has 5 N–H and O–H groups in total. The van der Waals surface area contributed by atoms with Crippen molar-refractivity contribution in [1.29, 1.82) is 0 Å². The maximum atomic E-state index is 14.1. The third kappa shape index (κ3) is 3.55. The Morgan fingerprint density at radius 3 is 2.57 bits per heavy atom. The van der Waals surface area contributed by atoms with Crippen LogP contribution in [0.1, 0.15) is 55.2 Å². The molecule has 1 atom stereocenters. The van der Waals surface area contributed by atoms with E-state index in [1.54, 1.807) is 0 Å². The van der Waals surface area contributed by atoms with E-state index in [1.807, 2.05) is 13.8 Å². The Labute approximate surface area is 173 Å². The molecule has 3 rings (SSSR count). The van der Waals surface area contributed by atoms with E-state index >= 15 is 0 Å². The van der Waals surface area contributed by atoms with Gasteiger partial charge in [-0.05, 0) is 49.0 Å². The second-order valence-electron chi connectivity index (χ2n) is 7.61. The first-order valence-electron chi connectivity index (χ1n) is 9.69. The normalized spacial score (nSPS) is 20.0. The minimum Gasteiger partial charge on any atom is -0.416 e. The van der Waals surface area contributed by atoms with Crippen LogP contribution in [0.4, 0.5) is 8.78 Å². The number of aromatic nitrogens is 2. The molecule has 9 heteroatoms. The number of benzene rings is 1. The zero-order valence-electron chi connectivity index (χ0n) is 17.1. The minimum atomic E-state index is -0.822. The van der Waals surface area contributed by atoms with Crippen molar-refractivity contribution in [3.05, 3.63) is 64.5 Å². The molecule has 1 aromatic carbocycles. The van der Waals surface area contributed by atoms with E-state index in [0.29, 0.717) is 24.1 Å². The summed E-state index contributed by atoms with van der Waals surface area (Å²) in [5.74, 6) is -1.97. The van der Waals surface area contributed by atoms with Gasteiger partial charge in [-0.2, -0.15) is 0 Å². The van der Waals surface area contributed by atoms with Crippen LogP contribution < -0.4 is 16.8 Å². The molecule has 0 radical (unpaired) electrons. The Hall–Kier alpha value is -3.23. The molecule has 0 spiro atoms. The maximum Gasteiger partial charge on any atom is 0.308 e. The van der Waals surface area contributed by atoms with Crippen LogP contribution in [-0.4, -0.2) is 23.2 Å². The van der Waals surface area contributed by atoms with E-state index in [2.05, 4.69) is 15.5 Å². The Morgan fingerprint density at radius 1 is 1.30 bits per heavy atom. The molecule has 1 aliphatic rings. The van der Waals surface area contributed by atoms with Crippen molar-refractivity contribution < 1.29 is 18.0 Å². The average molecular weight is 417 g/mol. The molecular weight excluding hydrogens is 392 g/mol. The highest BCUT2D eigenvalue weighted by Crippen LogP contribution is 2.46. The van der Waals surface area contributed by atoms with Crippen LogP contribution in [0, 0.1) is 17.6 Å². The molecule has 30 heavy (non-hydrogen) atoms. The van der Waals surface area contributed by atoms with E-state index in [9.17, 15) is 13.6 Å². The van der Waals surface area contributed by atoms with E-state index in [1.165, 1.54) is 19.2 Å². The molecule has 7 nitrogen and oxygen atoms in total. The number of allylic oxidation sites excluding steroid dienone is 3. The predicted molar refractivity (Wildman–Crippen MR) is 108 cm³/mol. The van der Waals surface area contributed by atoms with Crippen molar-refractivity contribution in [2.45, 2.75) is 38.5 Å². The monoisotopic (exact) mass is 417 g/mol. The summed E-state index contributed by atoms with van der Waals surface area (Å²) in [7, 11) is 1.47. The van der Waals surface area contributed by atoms with Gasteiger partial charge in [0.15, 0.2) is 0 Å². The fourth-order valence-electron chi connectivity index (χ4n) is 3.97. The molecule has 1 amide bonds. The Bertz CT molecular complexity index is 1010. The second kappa shape index (κ2) is 8.25. The zero-order chi connectivity index (χ0) is 22.1. The van der Waals surface area contributed by atoms with Crippen LogP contribution in [0.2, 0.25) is 0 Å². The van der Waals surface area contributed by atoms with Gasteiger partial charge in [0.05, 0.1) is 11.0 Å². The average Bonchev–Trinajstić information content (AvgIpc) is 3.19. The van der Waals surface area contributed by atoms with Gasteiger partial charge < -0.3 is 21.2 Å². The molecule has 1 unspecified atom stereocenters. The van der Waals surface area contributed by atoms with Crippen LogP contribution in [0.5, 0.6) is 0 Å². The molecule has 0 fully saturated rings. The minimum absolute atomic E-state index is 0.0504. The first-order chi connectivity index (χ1) is 14.2. The quantitative estimate of drug-likeness (QED) is 0.688. The summed E-state index contributed by atoms with van der Waals surface area (Å²) in [6.07, 6.45) is 3.42.